The highest BCUT2D eigenvalue weighted by Gasteiger charge is 2.24. The van der Waals surface area contributed by atoms with Crippen molar-refractivity contribution in [2.24, 2.45) is 0 Å². The molecule has 0 radical (unpaired) electrons. The smallest absolute Gasteiger partial charge is 0.138 e. The minimum absolute atomic E-state index is 0.515. The minimum Gasteiger partial charge on any atom is -0.358 e. The van der Waals surface area contributed by atoms with Gasteiger partial charge < -0.3 is 9.80 Å². The maximum Gasteiger partial charge on any atom is 0.138 e. The topological polar surface area (TPSA) is 56.1 Å². The van der Waals surface area contributed by atoms with Crippen LogP contribution in [0, 0.1) is 18.3 Å². The van der Waals surface area contributed by atoms with Crippen molar-refractivity contribution in [2.45, 2.75) is 6.92 Å². The number of aromatic nitrogens is 2. The molecule has 0 atom stereocenters. The first-order chi connectivity index (χ1) is 12.2. The van der Waals surface area contributed by atoms with Crippen molar-refractivity contribution in [3.63, 3.8) is 0 Å². The fraction of sp³-hybridized carbons (Fsp3) is 0.278. The van der Waals surface area contributed by atoms with Gasteiger partial charge in [-0.1, -0.05) is 35.9 Å². The third-order valence-electron chi connectivity index (χ3n) is 4.51. The van der Waals surface area contributed by atoms with Crippen LogP contribution in [0.4, 0.5) is 10.8 Å². The molecule has 4 rings (SSSR count). The summed E-state index contributed by atoms with van der Waals surface area (Å²) in [6.07, 6.45) is 0. The first-order valence-electron chi connectivity index (χ1n) is 8.09. The van der Waals surface area contributed by atoms with Gasteiger partial charge in [-0.05, 0) is 29.9 Å². The average molecular weight is 370 g/mol. The van der Waals surface area contributed by atoms with Crippen LogP contribution in [0.2, 0.25) is 5.15 Å². The summed E-state index contributed by atoms with van der Waals surface area (Å²) in [6.45, 7) is 5.22. The zero-order valence-electron chi connectivity index (χ0n) is 13.7. The van der Waals surface area contributed by atoms with E-state index in [9.17, 15) is 5.26 Å². The third-order valence-corrected chi connectivity index (χ3v) is 5.71. The summed E-state index contributed by atoms with van der Waals surface area (Å²) in [5, 5.41) is 13.1. The largest absolute Gasteiger partial charge is 0.358 e. The molecule has 7 heteroatoms. The highest BCUT2D eigenvalue weighted by Crippen LogP contribution is 2.31. The molecule has 1 aromatic carbocycles. The molecule has 0 bridgehead atoms. The second-order valence-electron chi connectivity index (χ2n) is 6.02. The van der Waals surface area contributed by atoms with E-state index in [2.05, 4.69) is 37.4 Å². The van der Waals surface area contributed by atoms with Gasteiger partial charge in [-0.15, -0.1) is 0 Å². The summed E-state index contributed by atoms with van der Waals surface area (Å²) < 4.78 is 4.33. The molecular weight excluding hydrogens is 354 g/mol. The summed E-state index contributed by atoms with van der Waals surface area (Å²) in [4.78, 5) is 9.08. The fourth-order valence-electron chi connectivity index (χ4n) is 3.21. The van der Waals surface area contributed by atoms with Crippen LogP contribution < -0.4 is 9.80 Å². The normalized spacial score (nSPS) is 14.8. The van der Waals surface area contributed by atoms with Crippen molar-refractivity contribution in [3.8, 4) is 6.07 Å². The SMILES string of the molecule is Cc1nsc(N2CCN(c3nc(Cl)cc4ccccc34)CC2)c1C#N. The summed E-state index contributed by atoms with van der Waals surface area (Å²) in [5.41, 5.74) is 1.51. The lowest BCUT2D eigenvalue weighted by Gasteiger charge is -2.36. The number of hydrogen-bond acceptors (Lipinski definition) is 6. The standard InChI is InChI=1S/C18H16ClN5S/c1-12-15(11-20)18(25-22-12)24-8-6-23(7-9-24)17-14-5-3-2-4-13(14)10-16(19)21-17/h2-5,10H,6-9H2,1H3. The van der Waals surface area contributed by atoms with Gasteiger partial charge in [-0.3, -0.25) is 0 Å². The van der Waals surface area contributed by atoms with Crippen molar-refractivity contribution >= 4 is 44.7 Å². The predicted octanol–water partition coefficient (Wildman–Crippen LogP) is 3.85. The molecule has 1 saturated heterocycles. The Bertz CT molecular complexity index is 969. The van der Waals surface area contributed by atoms with Crippen LogP contribution in [-0.2, 0) is 0 Å². The number of aryl methyl sites for hydroxylation is 1. The second-order valence-corrected chi connectivity index (χ2v) is 7.16. The maximum atomic E-state index is 9.35. The van der Waals surface area contributed by atoms with E-state index in [1.54, 1.807) is 0 Å². The van der Waals surface area contributed by atoms with Gasteiger partial charge in [0.1, 0.15) is 27.6 Å². The molecule has 2 aromatic heterocycles. The van der Waals surface area contributed by atoms with Gasteiger partial charge >= 0.3 is 0 Å². The average Bonchev–Trinajstić information content (AvgIpc) is 3.01. The van der Waals surface area contributed by atoms with Crippen LogP contribution in [0.15, 0.2) is 30.3 Å². The summed E-state index contributed by atoms with van der Waals surface area (Å²) >= 11 is 7.63. The molecular formula is C18H16ClN5S. The molecule has 5 nitrogen and oxygen atoms in total. The van der Waals surface area contributed by atoms with Crippen molar-refractivity contribution in [2.75, 3.05) is 36.0 Å². The molecule has 1 aliphatic heterocycles. The number of benzene rings is 1. The highest BCUT2D eigenvalue weighted by atomic mass is 35.5. The van der Waals surface area contributed by atoms with Crippen LogP contribution in [0.1, 0.15) is 11.3 Å². The first-order valence-corrected chi connectivity index (χ1v) is 9.24. The molecule has 0 saturated carbocycles. The van der Waals surface area contributed by atoms with Gasteiger partial charge in [-0.2, -0.15) is 9.64 Å². The highest BCUT2D eigenvalue weighted by molar-refractivity contribution is 7.10. The number of rotatable bonds is 2. The Labute approximate surface area is 155 Å². The van der Waals surface area contributed by atoms with E-state index >= 15 is 0 Å². The van der Waals surface area contributed by atoms with Gasteiger partial charge in [0.25, 0.3) is 0 Å². The van der Waals surface area contributed by atoms with Crippen LogP contribution in [0.5, 0.6) is 0 Å². The summed E-state index contributed by atoms with van der Waals surface area (Å²) in [6, 6.07) is 12.4. The van der Waals surface area contributed by atoms with Gasteiger partial charge in [0.2, 0.25) is 0 Å². The number of pyridine rings is 1. The summed E-state index contributed by atoms with van der Waals surface area (Å²) in [7, 11) is 0. The number of hydrogen-bond donors (Lipinski definition) is 0. The molecule has 3 aromatic rings. The molecule has 126 valence electrons. The molecule has 1 aliphatic rings. The number of halogens is 1. The van der Waals surface area contributed by atoms with Crippen molar-refractivity contribution in [1.29, 1.82) is 5.26 Å². The molecule has 0 spiro atoms. The quantitative estimate of drug-likeness (QED) is 0.642. The molecule has 1 fully saturated rings. The number of nitriles is 1. The van der Waals surface area contributed by atoms with Crippen molar-refractivity contribution in [3.05, 3.63) is 46.7 Å². The van der Waals surface area contributed by atoms with E-state index in [1.165, 1.54) is 11.5 Å². The zero-order chi connectivity index (χ0) is 17.4. The Morgan fingerprint density at radius 1 is 1.16 bits per heavy atom. The van der Waals surface area contributed by atoms with E-state index in [0.717, 1.165) is 53.5 Å². The van der Waals surface area contributed by atoms with Crippen LogP contribution >= 0.6 is 23.1 Å². The lowest BCUT2D eigenvalue weighted by atomic mass is 10.1. The van der Waals surface area contributed by atoms with E-state index < -0.39 is 0 Å². The lowest BCUT2D eigenvalue weighted by Crippen LogP contribution is -2.46. The predicted molar refractivity (Wildman–Crippen MR) is 103 cm³/mol. The van der Waals surface area contributed by atoms with E-state index in [-0.39, 0.29) is 0 Å². The number of nitrogens with zero attached hydrogens (tertiary/aromatic N) is 5. The zero-order valence-corrected chi connectivity index (χ0v) is 15.3. The fourth-order valence-corrected chi connectivity index (χ4v) is 4.31. The van der Waals surface area contributed by atoms with Crippen molar-refractivity contribution < 1.29 is 0 Å². The Balaban J connectivity index is 1.60. The van der Waals surface area contributed by atoms with Crippen LogP contribution in [-0.4, -0.2) is 35.5 Å². The van der Waals surface area contributed by atoms with Gasteiger partial charge in [0, 0.05) is 31.6 Å². The van der Waals surface area contributed by atoms with Crippen molar-refractivity contribution in [1.82, 2.24) is 9.36 Å². The maximum absolute atomic E-state index is 9.35. The number of piperazine rings is 1. The van der Waals surface area contributed by atoms with E-state index in [1.807, 2.05) is 25.1 Å². The monoisotopic (exact) mass is 369 g/mol. The Morgan fingerprint density at radius 2 is 1.88 bits per heavy atom. The van der Waals surface area contributed by atoms with E-state index in [4.69, 9.17) is 11.6 Å². The Morgan fingerprint density at radius 3 is 2.64 bits per heavy atom. The molecule has 0 aliphatic carbocycles. The molecule has 3 heterocycles. The van der Waals surface area contributed by atoms with Gasteiger partial charge in [-0.25, -0.2) is 4.98 Å². The van der Waals surface area contributed by atoms with Gasteiger partial charge in [0.15, 0.2) is 0 Å². The van der Waals surface area contributed by atoms with Crippen LogP contribution in [0.25, 0.3) is 10.8 Å². The number of anilines is 2. The second kappa shape index (κ2) is 6.51. The van der Waals surface area contributed by atoms with E-state index in [0.29, 0.717) is 10.7 Å². The lowest BCUT2D eigenvalue weighted by molar-refractivity contribution is 0.652. The third kappa shape index (κ3) is 2.90. The minimum atomic E-state index is 0.515. The Hall–Kier alpha value is -2.36. The number of fused-ring (bicyclic) bond motifs is 1. The first kappa shape index (κ1) is 16.1. The molecule has 25 heavy (non-hydrogen) atoms. The molecule has 0 amide bonds. The molecule has 0 unspecified atom stereocenters. The Kier molecular flexibility index (Phi) is 4.20. The molecule has 0 N–H and O–H groups in total. The summed E-state index contributed by atoms with van der Waals surface area (Å²) in [5.74, 6) is 0.934. The van der Waals surface area contributed by atoms with Crippen LogP contribution in [0.3, 0.4) is 0 Å². The van der Waals surface area contributed by atoms with Gasteiger partial charge in [0.05, 0.1) is 5.69 Å².